The molecule has 1 aliphatic rings. The second-order valence-corrected chi connectivity index (χ2v) is 2.31. The van der Waals surface area contributed by atoms with E-state index in [1.807, 2.05) is 0 Å². The summed E-state index contributed by atoms with van der Waals surface area (Å²) in [6.45, 7) is -0.671. The van der Waals surface area contributed by atoms with Gasteiger partial charge in [-0.2, -0.15) is 0 Å². The smallest absolute Gasteiger partial charge is 0.377 e. The van der Waals surface area contributed by atoms with E-state index in [-0.39, 0.29) is 12.4 Å². The third-order valence-corrected chi connectivity index (χ3v) is 1.48. The van der Waals surface area contributed by atoms with Gasteiger partial charge in [0.15, 0.2) is 11.9 Å². The highest BCUT2D eigenvalue weighted by atomic mass is 35.5. The van der Waals surface area contributed by atoms with Gasteiger partial charge in [0.1, 0.15) is 6.10 Å². The van der Waals surface area contributed by atoms with Crippen molar-refractivity contribution in [3.63, 3.8) is 0 Å². The molecule has 0 aliphatic carbocycles. The summed E-state index contributed by atoms with van der Waals surface area (Å²) in [5.41, 5.74) is 0. The Bertz CT molecular complexity index is 237. The zero-order chi connectivity index (χ0) is 9.30. The van der Waals surface area contributed by atoms with Crippen molar-refractivity contribution in [2.24, 2.45) is 0 Å². The Morgan fingerprint density at radius 3 is 2.31 bits per heavy atom. The van der Waals surface area contributed by atoms with Crippen molar-refractivity contribution in [2.75, 3.05) is 6.61 Å². The van der Waals surface area contributed by atoms with Gasteiger partial charge in [-0.15, -0.1) is 12.4 Å². The fourth-order valence-corrected chi connectivity index (χ4v) is 0.823. The first-order valence-electron chi connectivity index (χ1n) is 3.20. The molecule has 13 heavy (non-hydrogen) atoms. The molecule has 4 N–H and O–H groups in total. The van der Waals surface area contributed by atoms with Crippen LogP contribution in [-0.4, -0.2) is 45.2 Å². The van der Waals surface area contributed by atoms with Crippen molar-refractivity contribution in [3.8, 4) is 0 Å². The Hall–Kier alpha value is -0.980. The molecule has 0 aromatic heterocycles. The number of cyclic esters (lactones) is 1. The summed E-state index contributed by atoms with van der Waals surface area (Å²) in [6, 6.07) is 0. The van der Waals surface area contributed by atoms with Crippen LogP contribution >= 0.6 is 12.4 Å². The Labute approximate surface area is 79.5 Å². The van der Waals surface area contributed by atoms with E-state index in [0.717, 1.165) is 0 Å². The van der Waals surface area contributed by atoms with E-state index < -0.39 is 36.3 Å². The van der Waals surface area contributed by atoms with Gasteiger partial charge in [-0.05, 0) is 0 Å². The number of ether oxygens (including phenoxy) is 1. The SMILES string of the molecule is Cl.O=C1O[C@H](C(O)CO)C(O)=C1O. The van der Waals surface area contributed by atoms with E-state index in [4.69, 9.17) is 20.4 Å². The van der Waals surface area contributed by atoms with Gasteiger partial charge in [-0.1, -0.05) is 0 Å². The van der Waals surface area contributed by atoms with Gasteiger partial charge in [0.25, 0.3) is 0 Å². The summed E-state index contributed by atoms with van der Waals surface area (Å²) in [4.78, 5) is 10.5. The Morgan fingerprint density at radius 2 is 2.00 bits per heavy atom. The molecular weight excluding hydrogens is 204 g/mol. The Kier molecular flexibility index (Phi) is 3.99. The van der Waals surface area contributed by atoms with Crippen LogP contribution < -0.4 is 0 Å². The van der Waals surface area contributed by atoms with E-state index in [1.54, 1.807) is 0 Å². The minimum absolute atomic E-state index is 0. The maximum absolute atomic E-state index is 10.5. The van der Waals surface area contributed by atoms with Crippen LogP contribution in [0.25, 0.3) is 0 Å². The minimum Gasteiger partial charge on any atom is -0.505 e. The lowest BCUT2D eigenvalue weighted by Gasteiger charge is -2.13. The van der Waals surface area contributed by atoms with Gasteiger partial charge in [0.2, 0.25) is 5.76 Å². The summed E-state index contributed by atoms with van der Waals surface area (Å²) in [7, 11) is 0. The predicted octanol–water partition coefficient (Wildman–Crippen LogP) is -0.986. The van der Waals surface area contributed by atoms with Crippen LogP contribution in [0.3, 0.4) is 0 Å². The fraction of sp³-hybridized carbons (Fsp3) is 0.500. The second-order valence-electron chi connectivity index (χ2n) is 2.31. The summed E-state index contributed by atoms with van der Waals surface area (Å²) < 4.78 is 4.32. The molecule has 0 amide bonds. The second kappa shape index (κ2) is 4.31. The van der Waals surface area contributed by atoms with Gasteiger partial charge in [-0.25, -0.2) is 4.79 Å². The van der Waals surface area contributed by atoms with Gasteiger partial charge < -0.3 is 25.2 Å². The van der Waals surface area contributed by atoms with Gasteiger partial charge >= 0.3 is 5.97 Å². The number of aliphatic hydroxyl groups excluding tert-OH is 4. The average Bonchev–Trinajstić information content (AvgIpc) is 2.32. The van der Waals surface area contributed by atoms with Crippen LogP contribution in [0.2, 0.25) is 0 Å². The fourth-order valence-electron chi connectivity index (χ4n) is 0.823. The lowest BCUT2D eigenvalue weighted by atomic mass is 10.2. The van der Waals surface area contributed by atoms with Crippen molar-refractivity contribution in [2.45, 2.75) is 12.2 Å². The molecule has 76 valence electrons. The third-order valence-electron chi connectivity index (χ3n) is 1.48. The lowest BCUT2D eigenvalue weighted by molar-refractivity contribution is -0.147. The van der Waals surface area contributed by atoms with Crippen LogP contribution in [0.5, 0.6) is 0 Å². The minimum atomic E-state index is -1.42. The monoisotopic (exact) mass is 212 g/mol. The van der Waals surface area contributed by atoms with Gasteiger partial charge in [0, 0.05) is 0 Å². The molecular formula is C6H9ClO6. The Morgan fingerprint density at radius 1 is 1.46 bits per heavy atom. The number of esters is 1. The lowest BCUT2D eigenvalue weighted by Crippen LogP contribution is -2.31. The molecule has 0 aromatic carbocycles. The highest BCUT2D eigenvalue weighted by molar-refractivity contribution is 5.89. The van der Waals surface area contributed by atoms with Crippen LogP contribution in [0.4, 0.5) is 0 Å². The summed E-state index contributed by atoms with van der Waals surface area (Å²) in [6.07, 6.45) is -2.78. The number of hydrogen-bond donors (Lipinski definition) is 4. The summed E-state index contributed by atoms with van der Waals surface area (Å²) in [5.74, 6) is -2.78. The van der Waals surface area contributed by atoms with E-state index in [9.17, 15) is 4.79 Å². The highest BCUT2D eigenvalue weighted by Gasteiger charge is 2.38. The topological polar surface area (TPSA) is 107 Å². The van der Waals surface area contributed by atoms with E-state index in [0.29, 0.717) is 0 Å². The van der Waals surface area contributed by atoms with Crippen LogP contribution in [0.1, 0.15) is 0 Å². The number of halogens is 1. The number of hydrogen-bond acceptors (Lipinski definition) is 6. The number of aliphatic hydroxyl groups is 4. The standard InChI is InChI=1S/C6H8O6.ClH/c7-1-2(8)5-3(9)4(10)6(11)12-5;/h2,5,7-10H,1H2;1H/t2?,5-;/m1./s1. The molecule has 0 fully saturated rings. The first-order chi connectivity index (χ1) is 5.57. The molecule has 0 saturated heterocycles. The van der Waals surface area contributed by atoms with Crippen LogP contribution in [0, 0.1) is 0 Å². The van der Waals surface area contributed by atoms with Crippen molar-refractivity contribution in [1.29, 1.82) is 0 Å². The summed E-state index contributed by atoms with van der Waals surface area (Å²) in [5, 5.41) is 35.0. The first-order valence-corrected chi connectivity index (χ1v) is 3.20. The van der Waals surface area contributed by atoms with Crippen LogP contribution in [-0.2, 0) is 9.53 Å². The molecule has 0 radical (unpaired) electrons. The number of rotatable bonds is 2. The zero-order valence-electron chi connectivity index (χ0n) is 6.38. The van der Waals surface area contributed by atoms with E-state index >= 15 is 0 Å². The number of carbonyl (C=O) groups is 1. The Balaban J connectivity index is 0.00000144. The average molecular weight is 213 g/mol. The highest BCUT2D eigenvalue weighted by Crippen LogP contribution is 2.20. The predicted molar refractivity (Wildman–Crippen MR) is 42.5 cm³/mol. The maximum Gasteiger partial charge on any atom is 0.377 e. The van der Waals surface area contributed by atoms with Crippen molar-refractivity contribution in [1.82, 2.24) is 0 Å². The van der Waals surface area contributed by atoms with Crippen molar-refractivity contribution < 1.29 is 30.0 Å². The number of carbonyl (C=O) groups excluding carboxylic acids is 1. The molecule has 0 saturated carbocycles. The maximum atomic E-state index is 10.5. The first kappa shape index (κ1) is 12.0. The molecule has 0 spiro atoms. The van der Waals surface area contributed by atoms with Crippen molar-refractivity contribution in [3.05, 3.63) is 11.5 Å². The summed E-state index contributed by atoms with van der Waals surface area (Å²) >= 11 is 0. The largest absolute Gasteiger partial charge is 0.505 e. The van der Waals surface area contributed by atoms with Gasteiger partial charge in [0.05, 0.1) is 6.61 Å². The van der Waals surface area contributed by atoms with Crippen molar-refractivity contribution >= 4 is 18.4 Å². The molecule has 2 atom stereocenters. The molecule has 0 bridgehead atoms. The molecule has 1 unspecified atom stereocenters. The molecule has 0 aromatic rings. The molecule has 6 nitrogen and oxygen atoms in total. The molecule has 7 heteroatoms. The van der Waals surface area contributed by atoms with Gasteiger partial charge in [-0.3, -0.25) is 0 Å². The molecule has 1 heterocycles. The normalized spacial score (nSPS) is 23.8. The van der Waals surface area contributed by atoms with E-state index in [1.165, 1.54) is 0 Å². The quantitative estimate of drug-likeness (QED) is 0.438. The zero-order valence-corrected chi connectivity index (χ0v) is 7.19. The molecule has 1 rings (SSSR count). The van der Waals surface area contributed by atoms with Crippen LogP contribution in [0.15, 0.2) is 11.5 Å². The molecule has 1 aliphatic heterocycles. The third kappa shape index (κ3) is 2.03. The van der Waals surface area contributed by atoms with E-state index in [2.05, 4.69) is 4.74 Å².